The van der Waals surface area contributed by atoms with Crippen LogP contribution in [-0.4, -0.2) is 32.7 Å². The number of nitrogens with one attached hydrogen (secondary N) is 1. The Hall–Kier alpha value is -3.00. The second kappa shape index (κ2) is 10.2. The van der Waals surface area contributed by atoms with E-state index in [4.69, 9.17) is 0 Å². The van der Waals surface area contributed by atoms with Crippen LogP contribution >= 0.6 is 11.8 Å². The number of amides is 1. The van der Waals surface area contributed by atoms with Gasteiger partial charge in [-0.25, -0.2) is 9.37 Å². The van der Waals surface area contributed by atoms with E-state index in [-0.39, 0.29) is 23.0 Å². The van der Waals surface area contributed by atoms with E-state index in [2.05, 4.69) is 15.3 Å². The lowest BCUT2D eigenvalue weighted by Gasteiger charge is -2.12. The van der Waals surface area contributed by atoms with Crippen molar-refractivity contribution >= 4 is 17.7 Å². The molecule has 2 heterocycles. The van der Waals surface area contributed by atoms with E-state index in [9.17, 15) is 14.0 Å². The molecular weight excluding hydrogens is 403 g/mol. The lowest BCUT2D eigenvalue weighted by atomic mass is 10.1. The molecule has 0 atom stereocenters. The smallest absolute Gasteiger partial charge is 0.257 e. The number of carbonyl (C=O) groups excluding carboxylic acids is 1. The standard InChI is InChI=1S/C22H23FN4O2S/c1-15-19(13-16-6-8-17(23)9-7-16)21(29)27(2)22(26-15)30-14-20(28)25-12-10-18-5-3-4-11-24-18/h3-9,11H,10,12-14H2,1-2H3,(H,25,28). The quantitative estimate of drug-likeness (QED) is 0.443. The Morgan fingerprint density at radius 3 is 2.67 bits per heavy atom. The highest BCUT2D eigenvalue weighted by molar-refractivity contribution is 7.99. The zero-order valence-corrected chi connectivity index (χ0v) is 17.7. The largest absolute Gasteiger partial charge is 0.355 e. The van der Waals surface area contributed by atoms with Crippen LogP contribution in [0.3, 0.4) is 0 Å². The lowest BCUT2D eigenvalue weighted by molar-refractivity contribution is -0.118. The summed E-state index contributed by atoms with van der Waals surface area (Å²) in [6.45, 7) is 2.27. The van der Waals surface area contributed by atoms with Crippen molar-refractivity contribution in [1.82, 2.24) is 19.9 Å². The molecule has 1 N–H and O–H groups in total. The normalized spacial score (nSPS) is 10.8. The van der Waals surface area contributed by atoms with Crippen molar-refractivity contribution in [2.45, 2.75) is 24.9 Å². The summed E-state index contributed by atoms with van der Waals surface area (Å²) in [6.07, 6.45) is 2.76. The predicted molar refractivity (Wildman–Crippen MR) is 115 cm³/mol. The molecule has 30 heavy (non-hydrogen) atoms. The molecule has 2 aromatic heterocycles. The van der Waals surface area contributed by atoms with Crippen molar-refractivity contribution in [3.8, 4) is 0 Å². The van der Waals surface area contributed by atoms with Crippen molar-refractivity contribution in [3.63, 3.8) is 0 Å². The summed E-state index contributed by atoms with van der Waals surface area (Å²) < 4.78 is 14.6. The van der Waals surface area contributed by atoms with Gasteiger partial charge in [-0.2, -0.15) is 0 Å². The first-order valence-corrected chi connectivity index (χ1v) is 10.5. The summed E-state index contributed by atoms with van der Waals surface area (Å²) in [7, 11) is 1.64. The van der Waals surface area contributed by atoms with E-state index >= 15 is 0 Å². The number of carbonyl (C=O) groups is 1. The Labute approximate surface area is 178 Å². The van der Waals surface area contributed by atoms with Gasteiger partial charge in [-0.3, -0.25) is 19.1 Å². The number of pyridine rings is 1. The van der Waals surface area contributed by atoms with Crippen LogP contribution in [0, 0.1) is 12.7 Å². The summed E-state index contributed by atoms with van der Waals surface area (Å²) in [5.74, 6) is -0.274. The van der Waals surface area contributed by atoms with Crippen LogP contribution in [0.1, 0.15) is 22.5 Å². The van der Waals surface area contributed by atoms with Crippen LogP contribution in [0.25, 0.3) is 0 Å². The molecule has 1 aromatic carbocycles. The molecule has 156 valence electrons. The fourth-order valence-electron chi connectivity index (χ4n) is 2.93. The average Bonchev–Trinajstić information content (AvgIpc) is 2.75. The molecule has 0 saturated carbocycles. The minimum Gasteiger partial charge on any atom is -0.355 e. The van der Waals surface area contributed by atoms with Crippen molar-refractivity contribution < 1.29 is 9.18 Å². The number of nitrogens with zero attached hydrogens (tertiary/aromatic N) is 3. The van der Waals surface area contributed by atoms with E-state index < -0.39 is 0 Å². The van der Waals surface area contributed by atoms with Crippen LogP contribution in [0.4, 0.5) is 4.39 Å². The zero-order valence-electron chi connectivity index (χ0n) is 16.9. The van der Waals surface area contributed by atoms with E-state index in [0.29, 0.717) is 35.8 Å². The van der Waals surface area contributed by atoms with Crippen LogP contribution < -0.4 is 10.9 Å². The first-order chi connectivity index (χ1) is 14.4. The second-order valence-electron chi connectivity index (χ2n) is 6.84. The maximum Gasteiger partial charge on any atom is 0.257 e. The molecule has 0 bridgehead atoms. The summed E-state index contributed by atoms with van der Waals surface area (Å²) >= 11 is 1.22. The van der Waals surface area contributed by atoms with E-state index in [1.54, 1.807) is 32.3 Å². The Morgan fingerprint density at radius 1 is 1.20 bits per heavy atom. The molecule has 8 heteroatoms. The number of rotatable bonds is 8. The number of hydrogen-bond donors (Lipinski definition) is 1. The molecule has 6 nitrogen and oxygen atoms in total. The molecule has 0 aliphatic heterocycles. The fourth-order valence-corrected chi connectivity index (χ4v) is 3.77. The summed E-state index contributed by atoms with van der Waals surface area (Å²) in [5.41, 5.74) is 2.77. The van der Waals surface area contributed by atoms with Gasteiger partial charge in [-0.1, -0.05) is 30.0 Å². The highest BCUT2D eigenvalue weighted by Gasteiger charge is 2.14. The first-order valence-electron chi connectivity index (χ1n) is 9.54. The number of aryl methyl sites for hydroxylation is 1. The Morgan fingerprint density at radius 2 is 1.97 bits per heavy atom. The third-order valence-electron chi connectivity index (χ3n) is 4.61. The van der Waals surface area contributed by atoms with Gasteiger partial charge in [0.25, 0.3) is 5.56 Å². The van der Waals surface area contributed by atoms with Crippen LogP contribution in [0.5, 0.6) is 0 Å². The molecule has 0 spiro atoms. The monoisotopic (exact) mass is 426 g/mol. The molecule has 3 aromatic rings. The number of hydrogen-bond acceptors (Lipinski definition) is 5. The van der Waals surface area contributed by atoms with Gasteiger partial charge < -0.3 is 5.32 Å². The third kappa shape index (κ3) is 5.76. The van der Waals surface area contributed by atoms with Gasteiger partial charge in [-0.15, -0.1) is 0 Å². The Kier molecular flexibility index (Phi) is 7.35. The SMILES string of the molecule is Cc1nc(SCC(=O)NCCc2ccccn2)n(C)c(=O)c1Cc1ccc(F)cc1. The molecule has 0 saturated heterocycles. The summed E-state index contributed by atoms with van der Waals surface area (Å²) in [5, 5.41) is 3.34. The average molecular weight is 427 g/mol. The topological polar surface area (TPSA) is 76.9 Å². The Balaban J connectivity index is 1.59. The number of aromatic nitrogens is 3. The third-order valence-corrected chi connectivity index (χ3v) is 5.64. The number of halogens is 1. The molecule has 1 amide bonds. The summed E-state index contributed by atoms with van der Waals surface area (Å²) in [4.78, 5) is 33.6. The maximum atomic E-state index is 13.1. The van der Waals surface area contributed by atoms with Crippen molar-refractivity contribution in [2.75, 3.05) is 12.3 Å². The van der Waals surface area contributed by atoms with E-state index in [1.807, 2.05) is 18.2 Å². The number of thioether (sulfide) groups is 1. The van der Waals surface area contributed by atoms with Gasteiger partial charge in [0.2, 0.25) is 5.91 Å². The van der Waals surface area contributed by atoms with Gasteiger partial charge in [0, 0.05) is 49.6 Å². The molecule has 0 aliphatic carbocycles. The van der Waals surface area contributed by atoms with Crippen molar-refractivity contribution in [3.05, 3.63) is 87.3 Å². The molecular formula is C22H23FN4O2S. The van der Waals surface area contributed by atoms with Gasteiger partial charge in [-0.05, 0) is 36.8 Å². The molecule has 0 aliphatic rings. The van der Waals surface area contributed by atoms with Crippen LogP contribution in [0.2, 0.25) is 0 Å². The minimum atomic E-state index is -0.313. The van der Waals surface area contributed by atoms with E-state index in [0.717, 1.165) is 11.3 Å². The first kappa shape index (κ1) is 21.7. The number of benzene rings is 1. The van der Waals surface area contributed by atoms with Gasteiger partial charge in [0.15, 0.2) is 5.16 Å². The predicted octanol–water partition coefficient (Wildman–Crippen LogP) is 2.66. The zero-order chi connectivity index (χ0) is 21.5. The Bertz CT molecular complexity index is 1070. The molecule has 0 fully saturated rings. The van der Waals surface area contributed by atoms with Crippen LogP contribution in [0.15, 0.2) is 58.6 Å². The molecule has 0 unspecified atom stereocenters. The highest BCUT2D eigenvalue weighted by atomic mass is 32.2. The second-order valence-corrected chi connectivity index (χ2v) is 7.78. The summed E-state index contributed by atoms with van der Waals surface area (Å²) in [6, 6.07) is 11.7. The van der Waals surface area contributed by atoms with Gasteiger partial charge in [0.05, 0.1) is 5.75 Å². The maximum absolute atomic E-state index is 13.1. The van der Waals surface area contributed by atoms with Gasteiger partial charge in [0.1, 0.15) is 5.82 Å². The van der Waals surface area contributed by atoms with Crippen molar-refractivity contribution in [2.24, 2.45) is 7.05 Å². The minimum absolute atomic E-state index is 0.127. The molecule has 0 radical (unpaired) electrons. The van der Waals surface area contributed by atoms with Crippen LogP contribution in [-0.2, 0) is 24.7 Å². The van der Waals surface area contributed by atoms with Gasteiger partial charge >= 0.3 is 0 Å². The lowest BCUT2D eigenvalue weighted by Crippen LogP contribution is -2.29. The van der Waals surface area contributed by atoms with Crippen molar-refractivity contribution in [1.29, 1.82) is 0 Å². The highest BCUT2D eigenvalue weighted by Crippen LogP contribution is 2.16. The molecule has 3 rings (SSSR count). The van der Waals surface area contributed by atoms with E-state index in [1.165, 1.54) is 28.5 Å². The fraction of sp³-hybridized carbons (Fsp3) is 0.273.